The summed E-state index contributed by atoms with van der Waals surface area (Å²) < 4.78 is 10.9. The molecule has 1 aliphatic heterocycles. The van der Waals surface area contributed by atoms with Crippen molar-refractivity contribution in [3.63, 3.8) is 0 Å². The molecule has 0 radical (unpaired) electrons. The highest BCUT2D eigenvalue weighted by Gasteiger charge is 2.36. The first-order chi connectivity index (χ1) is 13.5. The molecule has 1 aliphatic rings. The van der Waals surface area contributed by atoms with E-state index in [2.05, 4.69) is 5.32 Å². The van der Waals surface area contributed by atoms with Gasteiger partial charge in [0.2, 0.25) is 0 Å². The van der Waals surface area contributed by atoms with Gasteiger partial charge in [-0.25, -0.2) is 4.79 Å². The largest absolute Gasteiger partial charge is 0.495 e. The number of anilines is 1. The summed E-state index contributed by atoms with van der Waals surface area (Å²) in [6, 6.07) is 15.2. The quantitative estimate of drug-likeness (QED) is 0.601. The Labute approximate surface area is 170 Å². The van der Waals surface area contributed by atoms with Crippen molar-refractivity contribution in [1.82, 2.24) is 5.32 Å². The molecule has 0 bridgehead atoms. The molecule has 2 aromatic carbocycles. The Hall–Kier alpha value is -2.86. The predicted octanol–water partition coefficient (Wildman–Crippen LogP) is 4.28. The van der Waals surface area contributed by atoms with Crippen LogP contribution in [0.2, 0.25) is 0 Å². The van der Waals surface area contributed by atoms with Gasteiger partial charge in [0.25, 0.3) is 0 Å². The number of hydrogen-bond acceptors (Lipinski definition) is 4. The molecular formula is C22H24N2O3S. The number of methoxy groups -OCH3 is 1. The Morgan fingerprint density at radius 3 is 2.61 bits per heavy atom. The van der Waals surface area contributed by atoms with E-state index >= 15 is 0 Å². The molecule has 146 valence electrons. The predicted molar refractivity (Wildman–Crippen MR) is 114 cm³/mol. The zero-order valence-corrected chi connectivity index (χ0v) is 17.3. The molecule has 1 atom stereocenters. The highest BCUT2D eigenvalue weighted by molar-refractivity contribution is 7.80. The Morgan fingerprint density at radius 2 is 1.93 bits per heavy atom. The average molecular weight is 397 g/mol. The number of carbonyl (C=O) groups excluding carboxylic acids is 1. The van der Waals surface area contributed by atoms with Crippen molar-refractivity contribution in [1.29, 1.82) is 0 Å². The number of aryl methyl sites for hydroxylation is 1. The second-order valence-electron chi connectivity index (χ2n) is 6.52. The Kier molecular flexibility index (Phi) is 5.99. The van der Waals surface area contributed by atoms with E-state index in [1.807, 2.05) is 67.3 Å². The number of carbonyl (C=O) groups is 1. The number of benzene rings is 2. The molecule has 6 heteroatoms. The normalized spacial score (nSPS) is 16.6. The van der Waals surface area contributed by atoms with Crippen LogP contribution in [-0.2, 0) is 9.53 Å². The number of esters is 1. The molecule has 3 rings (SSSR count). The SMILES string of the molecule is CCOC(=O)C1=C(C)N(c2ccccc2OC)C(=S)N[C@@H]1c1cccc(C)c1. The lowest BCUT2D eigenvalue weighted by molar-refractivity contribution is -0.139. The van der Waals surface area contributed by atoms with E-state index in [0.29, 0.717) is 23.0 Å². The van der Waals surface area contributed by atoms with Crippen LogP contribution in [0.3, 0.4) is 0 Å². The molecular weight excluding hydrogens is 372 g/mol. The standard InChI is InChI=1S/C22H24N2O3S/c1-5-27-21(25)19-15(3)24(17-11-6-7-12-18(17)26-4)22(28)23-20(19)16-10-8-9-14(2)13-16/h6-13,20H,5H2,1-4H3,(H,23,28)/t20-/m1/s1. The van der Waals surface area contributed by atoms with E-state index in [1.54, 1.807) is 14.0 Å². The second kappa shape index (κ2) is 8.44. The van der Waals surface area contributed by atoms with Crippen molar-refractivity contribution < 1.29 is 14.3 Å². The molecule has 0 saturated heterocycles. The highest BCUT2D eigenvalue weighted by atomic mass is 32.1. The van der Waals surface area contributed by atoms with E-state index in [4.69, 9.17) is 21.7 Å². The molecule has 2 aromatic rings. The van der Waals surface area contributed by atoms with Gasteiger partial charge in [0.15, 0.2) is 5.11 Å². The Bertz CT molecular complexity index is 939. The number of thiocarbonyl (C=S) groups is 1. The summed E-state index contributed by atoms with van der Waals surface area (Å²) in [6.45, 7) is 6.00. The van der Waals surface area contributed by atoms with E-state index < -0.39 is 0 Å². The van der Waals surface area contributed by atoms with Crippen molar-refractivity contribution in [3.8, 4) is 5.75 Å². The Balaban J connectivity index is 2.17. The highest BCUT2D eigenvalue weighted by Crippen LogP contribution is 2.37. The van der Waals surface area contributed by atoms with Crippen molar-refractivity contribution in [2.75, 3.05) is 18.6 Å². The minimum Gasteiger partial charge on any atom is -0.495 e. The lowest BCUT2D eigenvalue weighted by atomic mass is 9.94. The molecule has 0 amide bonds. The fourth-order valence-electron chi connectivity index (χ4n) is 3.42. The third kappa shape index (κ3) is 3.73. The number of nitrogens with one attached hydrogen (secondary N) is 1. The van der Waals surface area contributed by atoms with Gasteiger partial charge >= 0.3 is 5.97 Å². The van der Waals surface area contributed by atoms with Crippen molar-refractivity contribution in [2.24, 2.45) is 0 Å². The van der Waals surface area contributed by atoms with Crippen LogP contribution < -0.4 is 15.0 Å². The molecule has 0 fully saturated rings. The summed E-state index contributed by atoms with van der Waals surface area (Å²) in [7, 11) is 1.61. The molecule has 5 nitrogen and oxygen atoms in total. The van der Waals surface area contributed by atoms with Crippen molar-refractivity contribution in [2.45, 2.75) is 26.8 Å². The van der Waals surface area contributed by atoms with Crippen molar-refractivity contribution in [3.05, 3.63) is 70.9 Å². The maximum atomic E-state index is 12.9. The molecule has 0 spiro atoms. The topological polar surface area (TPSA) is 50.8 Å². The monoisotopic (exact) mass is 396 g/mol. The third-order valence-electron chi connectivity index (χ3n) is 4.68. The molecule has 28 heavy (non-hydrogen) atoms. The maximum Gasteiger partial charge on any atom is 0.338 e. The van der Waals surface area contributed by atoms with Crippen LogP contribution in [0.25, 0.3) is 0 Å². The number of nitrogens with zero attached hydrogens (tertiary/aromatic N) is 1. The number of rotatable bonds is 5. The van der Waals surface area contributed by atoms with Crippen molar-refractivity contribution >= 4 is 29.0 Å². The zero-order valence-electron chi connectivity index (χ0n) is 16.5. The lowest BCUT2D eigenvalue weighted by Crippen LogP contribution is -2.48. The molecule has 0 unspecified atom stereocenters. The summed E-state index contributed by atoms with van der Waals surface area (Å²) in [6.07, 6.45) is 0. The molecule has 0 saturated carbocycles. The van der Waals surface area contributed by atoms with Crippen LogP contribution in [0.1, 0.15) is 31.0 Å². The van der Waals surface area contributed by atoms with Crippen LogP contribution in [-0.4, -0.2) is 24.8 Å². The fourth-order valence-corrected chi connectivity index (χ4v) is 3.77. The average Bonchev–Trinajstić information content (AvgIpc) is 2.68. The second-order valence-corrected chi connectivity index (χ2v) is 6.91. The number of ether oxygens (including phenoxy) is 2. The summed E-state index contributed by atoms with van der Waals surface area (Å²) in [5.41, 5.74) is 4.09. The number of para-hydroxylation sites is 2. The van der Waals surface area contributed by atoms with Gasteiger partial charge in [-0.3, -0.25) is 4.90 Å². The first-order valence-corrected chi connectivity index (χ1v) is 9.56. The summed E-state index contributed by atoms with van der Waals surface area (Å²) in [5.74, 6) is 0.310. The van der Waals surface area contributed by atoms with Gasteiger partial charge in [0.1, 0.15) is 5.75 Å². The number of hydrogen-bond donors (Lipinski definition) is 1. The first kappa shape index (κ1) is 19.9. The third-order valence-corrected chi connectivity index (χ3v) is 4.98. The van der Waals surface area contributed by atoms with Crippen LogP contribution in [0.4, 0.5) is 5.69 Å². The van der Waals surface area contributed by atoms with Gasteiger partial charge in [0, 0.05) is 5.70 Å². The van der Waals surface area contributed by atoms with Gasteiger partial charge in [0.05, 0.1) is 31.0 Å². The van der Waals surface area contributed by atoms with E-state index in [0.717, 1.165) is 22.5 Å². The number of allylic oxidation sites excluding steroid dienone is 1. The summed E-state index contributed by atoms with van der Waals surface area (Å²) in [4.78, 5) is 14.7. The van der Waals surface area contributed by atoms with Gasteiger partial charge in [-0.2, -0.15) is 0 Å². The van der Waals surface area contributed by atoms with E-state index in [-0.39, 0.29) is 12.0 Å². The Morgan fingerprint density at radius 1 is 1.18 bits per heavy atom. The minimum absolute atomic E-state index is 0.301. The lowest BCUT2D eigenvalue weighted by Gasteiger charge is -2.38. The van der Waals surface area contributed by atoms with Crippen LogP contribution in [0.5, 0.6) is 5.75 Å². The zero-order chi connectivity index (χ0) is 20.3. The van der Waals surface area contributed by atoms with Gasteiger partial charge < -0.3 is 14.8 Å². The van der Waals surface area contributed by atoms with Gasteiger partial charge in [-0.05, 0) is 50.7 Å². The van der Waals surface area contributed by atoms with E-state index in [1.165, 1.54) is 0 Å². The van der Waals surface area contributed by atoms with Gasteiger partial charge in [-0.15, -0.1) is 0 Å². The fraction of sp³-hybridized carbons (Fsp3) is 0.273. The maximum absolute atomic E-state index is 12.9. The summed E-state index contributed by atoms with van der Waals surface area (Å²) >= 11 is 5.68. The van der Waals surface area contributed by atoms with Gasteiger partial charge in [-0.1, -0.05) is 42.0 Å². The molecule has 0 aromatic heterocycles. The molecule has 1 N–H and O–H groups in total. The smallest absolute Gasteiger partial charge is 0.338 e. The van der Waals surface area contributed by atoms with Crippen LogP contribution in [0.15, 0.2) is 59.8 Å². The minimum atomic E-state index is -0.377. The van der Waals surface area contributed by atoms with E-state index in [9.17, 15) is 4.79 Å². The first-order valence-electron chi connectivity index (χ1n) is 9.16. The van der Waals surface area contributed by atoms with Crippen LogP contribution >= 0.6 is 12.2 Å². The molecule has 0 aliphatic carbocycles. The summed E-state index contributed by atoms with van der Waals surface area (Å²) in [5, 5.41) is 3.82. The van der Waals surface area contributed by atoms with Crippen LogP contribution in [0, 0.1) is 6.92 Å². The molecule has 1 heterocycles.